The van der Waals surface area contributed by atoms with Crippen LogP contribution in [0, 0.1) is 0 Å². The normalized spacial score (nSPS) is 11.3. The highest BCUT2D eigenvalue weighted by molar-refractivity contribution is 7.80. The Kier molecular flexibility index (Phi) is 4.42. The van der Waals surface area contributed by atoms with E-state index in [9.17, 15) is 0 Å². The first-order valence-corrected chi connectivity index (χ1v) is 9.82. The minimum Gasteiger partial charge on any atom is -0.395 e. The van der Waals surface area contributed by atoms with Gasteiger partial charge in [-0.15, -0.1) is 0 Å². The van der Waals surface area contributed by atoms with E-state index in [2.05, 4.69) is 47.0 Å². The fourth-order valence-electron chi connectivity index (χ4n) is 3.70. The average Bonchev–Trinajstić information content (AvgIpc) is 2.77. The van der Waals surface area contributed by atoms with Gasteiger partial charge in [-0.05, 0) is 41.2 Å². The molecule has 0 saturated heterocycles. The third-order valence-corrected chi connectivity index (χ3v) is 5.22. The predicted octanol–water partition coefficient (Wildman–Crippen LogP) is 4.37. The van der Waals surface area contributed by atoms with Gasteiger partial charge in [-0.3, -0.25) is 0 Å². The summed E-state index contributed by atoms with van der Waals surface area (Å²) in [4.78, 5) is 9.93. The van der Waals surface area contributed by atoms with Crippen LogP contribution in [0.25, 0.3) is 43.6 Å². The maximum atomic E-state index is 8.92. The molecule has 0 aliphatic rings. The van der Waals surface area contributed by atoms with E-state index in [4.69, 9.17) is 27.3 Å². The molecule has 0 saturated carbocycles. The molecule has 5 nitrogen and oxygen atoms in total. The van der Waals surface area contributed by atoms with Gasteiger partial charge >= 0.3 is 0 Å². The summed E-state index contributed by atoms with van der Waals surface area (Å²) in [5.74, 6) is 0. The van der Waals surface area contributed by atoms with Gasteiger partial charge < -0.3 is 15.7 Å². The molecule has 0 radical (unpaired) electrons. The topological polar surface area (TPSA) is 70.1 Å². The standard InChI is InChI=1S/C23H18N4OS/c28-12-11-24-23(29)25-14-9-10-19-20(13-14)27-22-18-8-4-2-6-16(18)15-5-1-3-7-17(15)21(22)26-19/h1-10,13,28H,11-12H2,(H2,24,25,29). The van der Waals surface area contributed by atoms with Crippen molar-refractivity contribution < 1.29 is 5.11 Å². The first-order valence-electron chi connectivity index (χ1n) is 9.41. The second-order valence-electron chi connectivity index (χ2n) is 6.82. The first-order chi connectivity index (χ1) is 14.2. The van der Waals surface area contributed by atoms with Crippen LogP contribution in [-0.2, 0) is 0 Å². The molecule has 0 amide bonds. The van der Waals surface area contributed by atoms with Gasteiger partial charge in [0.2, 0.25) is 0 Å². The fourth-order valence-corrected chi connectivity index (χ4v) is 3.92. The van der Waals surface area contributed by atoms with Crippen LogP contribution in [0.4, 0.5) is 5.69 Å². The summed E-state index contributed by atoms with van der Waals surface area (Å²) in [5, 5.41) is 20.0. The highest BCUT2D eigenvalue weighted by Gasteiger charge is 2.12. The number of aromatic nitrogens is 2. The molecular formula is C23H18N4OS. The minimum absolute atomic E-state index is 0.0258. The SMILES string of the molecule is OCCNC(=S)Nc1ccc2nc3c4ccccc4c4ccccc4c3nc2c1. The van der Waals surface area contributed by atoms with Crippen molar-refractivity contribution in [3.63, 3.8) is 0 Å². The van der Waals surface area contributed by atoms with Crippen LogP contribution in [-0.4, -0.2) is 33.3 Å². The number of hydrogen-bond donors (Lipinski definition) is 3. The van der Waals surface area contributed by atoms with E-state index in [0.717, 1.165) is 38.5 Å². The summed E-state index contributed by atoms with van der Waals surface area (Å²) in [6.07, 6.45) is 0. The van der Waals surface area contributed by atoms with E-state index in [1.807, 2.05) is 30.3 Å². The lowest BCUT2D eigenvalue weighted by Gasteiger charge is -2.12. The molecule has 6 heteroatoms. The second kappa shape index (κ2) is 7.24. The van der Waals surface area contributed by atoms with Crippen molar-refractivity contribution in [1.82, 2.24) is 15.3 Å². The zero-order valence-electron chi connectivity index (χ0n) is 15.5. The quantitative estimate of drug-likeness (QED) is 0.238. The Morgan fingerprint density at radius 2 is 1.38 bits per heavy atom. The minimum atomic E-state index is 0.0258. The summed E-state index contributed by atoms with van der Waals surface area (Å²) >= 11 is 5.25. The zero-order chi connectivity index (χ0) is 19.8. The van der Waals surface area contributed by atoms with Crippen LogP contribution in [0.1, 0.15) is 0 Å². The van der Waals surface area contributed by atoms with Crippen molar-refractivity contribution in [1.29, 1.82) is 0 Å². The molecule has 0 fully saturated rings. The number of aliphatic hydroxyl groups is 1. The summed E-state index contributed by atoms with van der Waals surface area (Å²) < 4.78 is 0. The molecule has 0 unspecified atom stereocenters. The fraction of sp³-hybridized carbons (Fsp3) is 0.0870. The van der Waals surface area contributed by atoms with Gasteiger partial charge in [-0.1, -0.05) is 48.5 Å². The van der Waals surface area contributed by atoms with Crippen LogP contribution in [0.3, 0.4) is 0 Å². The van der Waals surface area contributed by atoms with Gasteiger partial charge in [-0.25, -0.2) is 9.97 Å². The van der Waals surface area contributed by atoms with E-state index in [-0.39, 0.29) is 6.61 Å². The van der Waals surface area contributed by atoms with Crippen molar-refractivity contribution in [2.45, 2.75) is 0 Å². The number of nitrogens with one attached hydrogen (secondary N) is 2. The van der Waals surface area contributed by atoms with Crippen molar-refractivity contribution >= 4 is 66.6 Å². The Bertz CT molecular complexity index is 1400. The molecule has 5 rings (SSSR count). The van der Waals surface area contributed by atoms with Gasteiger partial charge in [0.25, 0.3) is 0 Å². The number of nitrogens with zero attached hydrogens (tertiary/aromatic N) is 2. The summed E-state index contributed by atoms with van der Waals surface area (Å²) in [6.45, 7) is 0.432. The lowest BCUT2D eigenvalue weighted by atomic mass is 9.99. The lowest BCUT2D eigenvalue weighted by molar-refractivity contribution is 0.301. The van der Waals surface area contributed by atoms with Gasteiger partial charge in [0.05, 0.1) is 28.7 Å². The Morgan fingerprint density at radius 1 is 0.793 bits per heavy atom. The number of benzene rings is 4. The highest BCUT2D eigenvalue weighted by atomic mass is 32.1. The monoisotopic (exact) mass is 398 g/mol. The van der Waals surface area contributed by atoms with Crippen LogP contribution >= 0.6 is 12.2 Å². The Balaban J connectivity index is 1.73. The molecule has 1 heterocycles. The summed E-state index contributed by atoms with van der Waals surface area (Å²) in [7, 11) is 0. The van der Waals surface area contributed by atoms with Gasteiger partial charge in [0.1, 0.15) is 0 Å². The van der Waals surface area contributed by atoms with Gasteiger partial charge in [0.15, 0.2) is 5.11 Å². The maximum absolute atomic E-state index is 8.92. The lowest BCUT2D eigenvalue weighted by Crippen LogP contribution is -2.30. The molecule has 1 aromatic heterocycles. The number of thiocarbonyl (C=S) groups is 1. The smallest absolute Gasteiger partial charge is 0.170 e. The maximum Gasteiger partial charge on any atom is 0.170 e. The van der Waals surface area contributed by atoms with E-state index >= 15 is 0 Å². The Morgan fingerprint density at radius 3 is 2.00 bits per heavy atom. The highest BCUT2D eigenvalue weighted by Crippen LogP contribution is 2.34. The molecule has 5 aromatic rings. The molecule has 0 aliphatic heterocycles. The molecule has 3 N–H and O–H groups in total. The van der Waals surface area contributed by atoms with Gasteiger partial charge in [0, 0.05) is 23.0 Å². The van der Waals surface area contributed by atoms with Crippen LogP contribution in [0.2, 0.25) is 0 Å². The Hall–Kier alpha value is -3.35. The number of anilines is 1. The van der Waals surface area contributed by atoms with E-state index in [0.29, 0.717) is 11.7 Å². The van der Waals surface area contributed by atoms with E-state index < -0.39 is 0 Å². The van der Waals surface area contributed by atoms with Crippen molar-refractivity contribution in [2.75, 3.05) is 18.5 Å². The molecule has 0 atom stereocenters. The molecule has 29 heavy (non-hydrogen) atoms. The molecule has 4 aromatic carbocycles. The predicted molar refractivity (Wildman–Crippen MR) is 123 cm³/mol. The van der Waals surface area contributed by atoms with Crippen LogP contribution in [0.5, 0.6) is 0 Å². The molecule has 142 valence electrons. The largest absolute Gasteiger partial charge is 0.395 e. The average molecular weight is 398 g/mol. The molecular weight excluding hydrogens is 380 g/mol. The third kappa shape index (κ3) is 3.12. The van der Waals surface area contributed by atoms with Crippen LogP contribution in [0.15, 0.2) is 66.7 Å². The zero-order valence-corrected chi connectivity index (χ0v) is 16.3. The molecule has 0 bridgehead atoms. The van der Waals surface area contributed by atoms with Gasteiger partial charge in [-0.2, -0.15) is 0 Å². The van der Waals surface area contributed by atoms with E-state index in [1.165, 1.54) is 10.8 Å². The van der Waals surface area contributed by atoms with Crippen LogP contribution < -0.4 is 10.6 Å². The van der Waals surface area contributed by atoms with Crippen molar-refractivity contribution in [3.8, 4) is 0 Å². The van der Waals surface area contributed by atoms with Crippen molar-refractivity contribution in [3.05, 3.63) is 66.7 Å². The molecule has 0 spiro atoms. The molecule has 0 aliphatic carbocycles. The summed E-state index contributed by atoms with van der Waals surface area (Å²) in [6, 6.07) is 22.5. The third-order valence-electron chi connectivity index (χ3n) is 4.97. The Labute approximate surface area is 172 Å². The summed E-state index contributed by atoms with van der Waals surface area (Å²) in [5.41, 5.74) is 4.26. The van der Waals surface area contributed by atoms with E-state index in [1.54, 1.807) is 0 Å². The first kappa shape index (κ1) is 17.7. The second-order valence-corrected chi connectivity index (χ2v) is 7.23. The number of hydrogen-bond acceptors (Lipinski definition) is 4. The number of rotatable bonds is 3. The number of fused-ring (bicyclic) bond motifs is 7. The number of aliphatic hydroxyl groups excluding tert-OH is 1. The van der Waals surface area contributed by atoms with Crippen molar-refractivity contribution in [2.24, 2.45) is 0 Å².